The number of pyridine rings is 1. The molecule has 6 heteroatoms. The summed E-state index contributed by atoms with van der Waals surface area (Å²) in [6.07, 6.45) is 0. The van der Waals surface area contributed by atoms with Crippen molar-refractivity contribution in [2.45, 2.75) is 0 Å². The number of nitrogens with zero attached hydrogens (tertiary/aromatic N) is 5. The number of fused-ring (bicyclic) bond motifs is 6. The molecule has 0 bridgehead atoms. The van der Waals surface area contributed by atoms with Crippen LogP contribution in [0.2, 0.25) is 0 Å². The van der Waals surface area contributed by atoms with Crippen LogP contribution in [0.5, 0.6) is 0 Å². The lowest BCUT2D eigenvalue weighted by Gasteiger charge is -2.11. The lowest BCUT2D eigenvalue weighted by atomic mass is 10.1. The van der Waals surface area contributed by atoms with E-state index in [2.05, 4.69) is 65.2 Å². The predicted molar refractivity (Wildman–Crippen MR) is 181 cm³/mol. The molecule has 4 heterocycles. The number of thiophene rings is 1. The Bertz CT molecular complexity index is 2430. The van der Waals surface area contributed by atoms with E-state index in [0.717, 1.165) is 44.3 Å². The standard InChI is InChI=1S/C38H23N5S/c1-4-12-24(13-5-1)30-20-21-31-35(39-30)29-22-28-27-18-10-11-19-33(27)44-34(28)23-32(29)43(31)38-41-36(25-14-6-2-7-15-25)40-37(42-38)26-16-8-3-9-17-26/h1-23H. The molecule has 44 heavy (non-hydrogen) atoms. The van der Waals surface area contributed by atoms with E-state index in [1.165, 1.54) is 20.2 Å². The van der Waals surface area contributed by atoms with Gasteiger partial charge in [0.05, 0.1) is 22.2 Å². The van der Waals surface area contributed by atoms with Crippen LogP contribution in [0.3, 0.4) is 0 Å². The van der Waals surface area contributed by atoms with E-state index in [0.29, 0.717) is 17.6 Å². The maximum atomic E-state index is 5.26. The van der Waals surface area contributed by atoms with E-state index in [9.17, 15) is 0 Å². The molecule has 0 atom stereocenters. The number of benzene rings is 5. The van der Waals surface area contributed by atoms with Gasteiger partial charge < -0.3 is 0 Å². The fraction of sp³-hybridized carbons (Fsp3) is 0. The highest BCUT2D eigenvalue weighted by Gasteiger charge is 2.21. The summed E-state index contributed by atoms with van der Waals surface area (Å²) >= 11 is 1.80. The van der Waals surface area contributed by atoms with Crippen molar-refractivity contribution in [1.82, 2.24) is 24.5 Å². The van der Waals surface area contributed by atoms with Gasteiger partial charge in [-0.25, -0.2) is 9.97 Å². The normalized spacial score (nSPS) is 11.6. The van der Waals surface area contributed by atoms with Gasteiger partial charge in [-0.3, -0.25) is 4.57 Å². The third kappa shape index (κ3) is 4.00. The van der Waals surface area contributed by atoms with E-state index in [4.69, 9.17) is 19.9 Å². The van der Waals surface area contributed by atoms with E-state index >= 15 is 0 Å². The molecule has 4 aromatic heterocycles. The van der Waals surface area contributed by atoms with Gasteiger partial charge in [0.15, 0.2) is 11.6 Å². The largest absolute Gasteiger partial charge is 0.276 e. The van der Waals surface area contributed by atoms with E-state index in [-0.39, 0.29) is 0 Å². The Morgan fingerprint density at radius 3 is 1.73 bits per heavy atom. The highest BCUT2D eigenvalue weighted by atomic mass is 32.1. The van der Waals surface area contributed by atoms with Crippen LogP contribution in [-0.2, 0) is 0 Å². The van der Waals surface area contributed by atoms with Crippen molar-refractivity contribution >= 4 is 53.4 Å². The van der Waals surface area contributed by atoms with Crippen molar-refractivity contribution in [3.8, 4) is 40.0 Å². The summed E-state index contributed by atoms with van der Waals surface area (Å²) in [7, 11) is 0. The maximum Gasteiger partial charge on any atom is 0.238 e. The van der Waals surface area contributed by atoms with Gasteiger partial charge in [0, 0.05) is 42.2 Å². The maximum absolute atomic E-state index is 5.26. The summed E-state index contributed by atoms with van der Waals surface area (Å²) in [6, 6.07) is 47.9. The molecular formula is C38H23N5S. The first kappa shape index (κ1) is 24.8. The Labute approximate surface area is 256 Å². The molecule has 0 N–H and O–H groups in total. The fourth-order valence-electron chi connectivity index (χ4n) is 5.98. The van der Waals surface area contributed by atoms with Crippen molar-refractivity contribution in [3.05, 3.63) is 140 Å². The van der Waals surface area contributed by atoms with Gasteiger partial charge in [-0.15, -0.1) is 11.3 Å². The van der Waals surface area contributed by atoms with Crippen LogP contribution in [-0.4, -0.2) is 24.5 Å². The smallest absolute Gasteiger partial charge is 0.238 e. The zero-order valence-electron chi connectivity index (χ0n) is 23.4. The lowest BCUT2D eigenvalue weighted by Crippen LogP contribution is -2.06. The first-order chi connectivity index (χ1) is 21.8. The summed E-state index contributed by atoms with van der Waals surface area (Å²) in [6.45, 7) is 0. The SMILES string of the molecule is c1ccc(-c2ccc3c(n2)c2cc4c(cc2n3-c2nc(-c3ccccc3)nc(-c3ccccc3)n2)sc2ccccc24)cc1. The third-order valence-corrected chi connectivity index (χ3v) is 9.20. The molecule has 0 saturated carbocycles. The molecule has 0 aliphatic heterocycles. The van der Waals surface area contributed by atoms with Crippen molar-refractivity contribution in [1.29, 1.82) is 0 Å². The monoisotopic (exact) mass is 581 g/mol. The van der Waals surface area contributed by atoms with E-state index in [1.807, 2.05) is 78.9 Å². The minimum atomic E-state index is 0.562. The molecule has 0 unspecified atom stereocenters. The number of aromatic nitrogens is 5. The molecule has 0 fully saturated rings. The number of hydrogen-bond acceptors (Lipinski definition) is 5. The Morgan fingerprint density at radius 2 is 1.05 bits per heavy atom. The Morgan fingerprint density at radius 1 is 0.432 bits per heavy atom. The predicted octanol–water partition coefficient (Wildman–Crippen LogP) is 9.73. The fourth-order valence-corrected chi connectivity index (χ4v) is 7.10. The molecule has 5 aromatic carbocycles. The van der Waals surface area contributed by atoms with Gasteiger partial charge in [-0.1, -0.05) is 109 Å². The van der Waals surface area contributed by atoms with Crippen molar-refractivity contribution < 1.29 is 0 Å². The van der Waals surface area contributed by atoms with Gasteiger partial charge in [-0.2, -0.15) is 9.97 Å². The van der Waals surface area contributed by atoms with Gasteiger partial charge in [0.1, 0.15) is 0 Å². The summed E-state index contributed by atoms with van der Waals surface area (Å²) in [5.41, 5.74) is 6.76. The molecule has 206 valence electrons. The van der Waals surface area contributed by atoms with Crippen LogP contribution in [0.25, 0.3) is 82.1 Å². The highest BCUT2D eigenvalue weighted by Crippen LogP contribution is 2.40. The zero-order chi connectivity index (χ0) is 29.0. The topological polar surface area (TPSA) is 56.5 Å². The molecule has 0 amide bonds. The van der Waals surface area contributed by atoms with Crippen LogP contribution in [0.1, 0.15) is 0 Å². The molecular weight excluding hydrogens is 559 g/mol. The molecule has 9 rings (SSSR count). The van der Waals surface area contributed by atoms with Crippen molar-refractivity contribution in [2.75, 3.05) is 0 Å². The van der Waals surface area contributed by atoms with Crippen LogP contribution in [0, 0.1) is 0 Å². The molecule has 5 nitrogen and oxygen atoms in total. The molecule has 0 saturated heterocycles. The first-order valence-electron chi connectivity index (χ1n) is 14.5. The lowest BCUT2D eigenvalue weighted by molar-refractivity contribution is 0.953. The molecule has 0 radical (unpaired) electrons. The second-order valence-corrected chi connectivity index (χ2v) is 11.8. The Hall–Kier alpha value is -5.72. The summed E-state index contributed by atoms with van der Waals surface area (Å²) in [5.74, 6) is 1.81. The average molecular weight is 582 g/mol. The first-order valence-corrected chi connectivity index (χ1v) is 15.3. The van der Waals surface area contributed by atoms with Gasteiger partial charge >= 0.3 is 0 Å². The summed E-state index contributed by atoms with van der Waals surface area (Å²) in [5, 5.41) is 3.55. The summed E-state index contributed by atoms with van der Waals surface area (Å²) < 4.78 is 4.63. The van der Waals surface area contributed by atoms with Crippen molar-refractivity contribution in [3.63, 3.8) is 0 Å². The van der Waals surface area contributed by atoms with Gasteiger partial charge in [-0.05, 0) is 30.3 Å². The second-order valence-electron chi connectivity index (χ2n) is 10.7. The minimum absolute atomic E-state index is 0.562. The average Bonchev–Trinajstić information content (AvgIpc) is 3.62. The number of rotatable bonds is 4. The van der Waals surface area contributed by atoms with Crippen LogP contribution >= 0.6 is 11.3 Å². The van der Waals surface area contributed by atoms with Gasteiger partial charge in [0.25, 0.3) is 0 Å². The van der Waals surface area contributed by atoms with E-state index in [1.54, 1.807) is 11.3 Å². The third-order valence-electron chi connectivity index (χ3n) is 8.06. The minimum Gasteiger partial charge on any atom is -0.276 e. The van der Waals surface area contributed by atoms with Crippen LogP contribution < -0.4 is 0 Å². The second kappa shape index (κ2) is 9.93. The van der Waals surface area contributed by atoms with Crippen LogP contribution in [0.4, 0.5) is 0 Å². The van der Waals surface area contributed by atoms with E-state index < -0.39 is 0 Å². The van der Waals surface area contributed by atoms with Crippen molar-refractivity contribution in [2.24, 2.45) is 0 Å². The molecule has 0 spiro atoms. The zero-order valence-corrected chi connectivity index (χ0v) is 24.2. The highest BCUT2D eigenvalue weighted by molar-refractivity contribution is 7.25. The number of hydrogen-bond donors (Lipinski definition) is 0. The molecule has 9 aromatic rings. The molecule has 0 aliphatic carbocycles. The Balaban J connectivity index is 1.39. The van der Waals surface area contributed by atoms with Crippen LogP contribution in [0.15, 0.2) is 140 Å². The van der Waals surface area contributed by atoms with Gasteiger partial charge in [0.2, 0.25) is 5.95 Å². The quantitative estimate of drug-likeness (QED) is 0.208. The summed E-state index contributed by atoms with van der Waals surface area (Å²) in [4.78, 5) is 20.4. The molecule has 0 aliphatic rings. The Kier molecular flexibility index (Phi) is 5.61.